The van der Waals surface area contributed by atoms with Crippen molar-refractivity contribution in [2.24, 2.45) is 5.73 Å². The van der Waals surface area contributed by atoms with Gasteiger partial charge in [0.15, 0.2) is 0 Å². The van der Waals surface area contributed by atoms with Crippen molar-refractivity contribution in [3.8, 4) is 0 Å². The minimum Gasteiger partial charge on any atom is -0.392 e. The lowest BCUT2D eigenvalue weighted by Gasteiger charge is -2.02. The fourth-order valence-corrected chi connectivity index (χ4v) is 1.29. The summed E-state index contributed by atoms with van der Waals surface area (Å²) >= 11 is 3.36. The molecule has 1 aromatic carbocycles. The Bertz CT molecular complexity index is 250. The molecule has 0 atom stereocenters. The Morgan fingerprint density at radius 1 is 1.45 bits per heavy atom. The molecule has 11 heavy (non-hydrogen) atoms. The lowest BCUT2D eigenvalue weighted by Crippen LogP contribution is -1.98. The first-order valence-electron chi connectivity index (χ1n) is 3.36. The third-order valence-electron chi connectivity index (χ3n) is 1.51. The van der Waals surface area contributed by atoms with Gasteiger partial charge in [0.1, 0.15) is 0 Å². The van der Waals surface area contributed by atoms with Crippen LogP contribution >= 0.6 is 15.9 Å². The van der Waals surface area contributed by atoms with E-state index < -0.39 is 0 Å². The fourth-order valence-electron chi connectivity index (χ4n) is 0.883. The highest BCUT2D eigenvalue weighted by Crippen LogP contribution is 2.17. The number of hydrogen-bond donors (Lipinski definition) is 2. The molecular formula is C8H10BrNO. The van der Waals surface area contributed by atoms with Gasteiger partial charge >= 0.3 is 0 Å². The van der Waals surface area contributed by atoms with Crippen LogP contribution in [0, 0.1) is 0 Å². The second-order valence-electron chi connectivity index (χ2n) is 2.29. The average molecular weight is 216 g/mol. The molecule has 0 saturated heterocycles. The molecule has 0 unspecified atom stereocenters. The number of aliphatic hydroxyl groups excluding tert-OH is 1. The highest BCUT2D eigenvalue weighted by Gasteiger charge is 1.97. The summed E-state index contributed by atoms with van der Waals surface area (Å²) in [5.74, 6) is 0. The van der Waals surface area contributed by atoms with Crippen LogP contribution in [-0.4, -0.2) is 5.11 Å². The van der Waals surface area contributed by atoms with Crippen molar-refractivity contribution in [3.63, 3.8) is 0 Å². The van der Waals surface area contributed by atoms with E-state index in [1.54, 1.807) is 0 Å². The molecule has 0 spiro atoms. The molecule has 0 aliphatic carbocycles. The number of nitrogens with two attached hydrogens (primary N) is 1. The van der Waals surface area contributed by atoms with Crippen molar-refractivity contribution in [1.82, 2.24) is 0 Å². The summed E-state index contributed by atoms with van der Waals surface area (Å²) in [6.07, 6.45) is 0. The maximum Gasteiger partial charge on any atom is 0.0681 e. The molecule has 1 aromatic rings. The predicted octanol–water partition coefficient (Wildman–Crippen LogP) is 1.40. The number of halogens is 1. The molecule has 0 amide bonds. The first-order chi connectivity index (χ1) is 5.27. The average Bonchev–Trinajstić information content (AvgIpc) is 2.05. The summed E-state index contributed by atoms with van der Waals surface area (Å²) in [5.41, 5.74) is 7.38. The molecule has 0 bridgehead atoms. The number of hydrogen-bond acceptors (Lipinski definition) is 2. The molecule has 0 aliphatic rings. The lowest BCUT2D eigenvalue weighted by molar-refractivity contribution is 0.281. The van der Waals surface area contributed by atoms with Crippen LogP contribution in [0.1, 0.15) is 11.1 Å². The van der Waals surface area contributed by atoms with E-state index in [9.17, 15) is 0 Å². The third-order valence-corrected chi connectivity index (χ3v) is 2.29. The van der Waals surface area contributed by atoms with E-state index in [0.717, 1.165) is 15.6 Å². The highest BCUT2D eigenvalue weighted by molar-refractivity contribution is 9.10. The van der Waals surface area contributed by atoms with E-state index in [2.05, 4.69) is 15.9 Å². The summed E-state index contributed by atoms with van der Waals surface area (Å²) in [7, 11) is 0. The van der Waals surface area contributed by atoms with E-state index in [4.69, 9.17) is 10.8 Å². The van der Waals surface area contributed by atoms with Gasteiger partial charge in [0.05, 0.1) is 6.61 Å². The maximum absolute atomic E-state index is 8.79. The van der Waals surface area contributed by atoms with E-state index in [0.29, 0.717) is 6.54 Å². The Balaban J connectivity index is 3.02. The Morgan fingerprint density at radius 3 is 2.73 bits per heavy atom. The van der Waals surface area contributed by atoms with Gasteiger partial charge in [-0.15, -0.1) is 0 Å². The van der Waals surface area contributed by atoms with Gasteiger partial charge in [-0.2, -0.15) is 0 Å². The van der Waals surface area contributed by atoms with Gasteiger partial charge in [0.25, 0.3) is 0 Å². The molecule has 0 heterocycles. The maximum atomic E-state index is 8.79. The Labute approximate surface area is 74.2 Å². The van der Waals surface area contributed by atoms with Crippen LogP contribution in [0.15, 0.2) is 22.7 Å². The third kappa shape index (κ3) is 2.02. The summed E-state index contributed by atoms with van der Waals surface area (Å²) in [6.45, 7) is 0.564. The standard InChI is InChI=1S/C8H10BrNO/c9-8-2-1-6(5-11)3-7(8)4-10/h1-3,11H,4-5,10H2. The summed E-state index contributed by atoms with van der Waals surface area (Å²) in [4.78, 5) is 0. The Hall–Kier alpha value is -0.380. The second-order valence-corrected chi connectivity index (χ2v) is 3.14. The number of rotatable bonds is 2. The van der Waals surface area contributed by atoms with Gasteiger partial charge in [0.2, 0.25) is 0 Å². The zero-order valence-corrected chi connectivity index (χ0v) is 7.63. The van der Waals surface area contributed by atoms with Gasteiger partial charge < -0.3 is 10.8 Å². The van der Waals surface area contributed by atoms with Crippen molar-refractivity contribution >= 4 is 15.9 Å². The molecule has 0 aliphatic heterocycles. The normalized spacial score (nSPS) is 10.1. The minimum atomic E-state index is 0.0697. The molecule has 3 N–H and O–H groups in total. The second kappa shape index (κ2) is 3.85. The topological polar surface area (TPSA) is 46.2 Å². The van der Waals surface area contributed by atoms with Crippen LogP contribution in [-0.2, 0) is 13.2 Å². The molecule has 60 valence electrons. The fraction of sp³-hybridized carbons (Fsp3) is 0.250. The first kappa shape index (κ1) is 8.71. The predicted molar refractivity (Wildman–Crippen MR) is 48.0 cm³/mol. The van der Waals surface area contributed by atoms with Gasteiger partial charge in [0, 0.05) is 11.0 Å². The van der Waals surface area contributed by atoms with Gasteiger partial charge in [-0.1, -0.05) is 28.1 Å². The summed E-state index contributed by atoms with van der Waals surface area (Å²) < 4.78 is 0.997. The van der Waals surface area contributed by atoms with Crippen molar-refractivity contribution < 1.29 is 5.11 Å². The summed E-state index contributed by atoms with van der Waals surface area (Å²) in [6, 6.07) is 5.65. The molecular weight excluding hydrogens is 206 g/mol. The lowest BCUT2D eigenvalue weighted by atomic mass is 10.1. The zero-order chi connectivity index (χ0) is 8.27. The van der Waals surface area contributed by atoms with E-state index in [1.807, 2.05) is 18.2 Å². The van der Waals surface area contributed by atoms with Gasteiger partial charge in [-0.25, -0.2) is 0 Å². The van der Waals surface area contributed by atoms with Crippen LogP contribution in [0.3, 0.4) is 0 Å². The van der Waals surface area contributed by atoms with Gasteiger partial charge in [-0.05, 0) is 17.2 Å². The molecule has 0 fully saturated rings. The van der Waals surface area contributed by atoms with Crippen molar-refractivity contribution in [2.45, 2.75) is 13.2 Å². The molecule has 0 saturated carbocycles. The zero-order valence-electron chi connectivity index (χ0n) is 6.05. The molecule has 0 aromatic heterocycles. The van der Waals surface area contributed by atoms with E-state index >= 15 is 0 Å². The first-order valence-corrected chi connectivity index (χ1v) is 4.15. The quantitative estimate of drug-likeness (QED) is 0.784. The van der Waals surface area contributed by atoms with Crippen LogP contribution in [0.25, 0.3) is 0 Å². The smallest absolute Gasteiger partial charge is 0.0681 e. The van der Waals surface area contributed by atoms with Crippen LogP contribution in [0.5, 0.6) is 0 Å². The molecule has 0 radical (unpaired) electrons. The molecule has 2 nitrogen and oxygen atoms in total. The van der Waals surface area contributed by atoms with E-state index in [-0.39, 0.29) is 6.61 Å². The molecule has 1 rings (SSSR count). The van der Waals surface area contributed by atoms with E-state index in [1.165, 1.54) is 0 Å². The minimum absolute atomic E-state index is 0.0697. The van der Waals surface area contributed by atoms with Crippen molar-refractivity contribution in [1.29, 1.82) is 0 Å². The van der Waals surface area contributed by atoms with Gasteiger partial charge in [-0.3, -0.25) is 0 Å². The Kier molecular flexibility index (Phi) is 3.05. The monoisotopic (exact) mass is 215 g/mol. The largest absolute Gasteiger partial charge is 0.392 e. The Morgan fingerprint density at radius 2 is 2.18 bits per heavy atom. The van der Waals surface area contributed by atoms with Crippen LogP contribution < -0.4 is 5.73 Å². The van der Waals surface area contributed by atoms with Crippen molar-refractivity contribution in [2.75, 3.05) is 0 Å². The molecule has 3 heteroatoms. The SMILES string of the molecule is NCc1cc(CO)ccc1Br. The highest BCUT2D eigenvalue weighted by atomic mass is 79.9. The summed E-state index contributed by atoms with van der Waals surface area (Å²) in [5, 5.41) is 8.79. The number of aliphatic hydroxyl groups is 1. The van der Waals surface area contributed by atoms with Crippen LogP contribution in [0.4, 0.5) is 0 Å². The van der Waals surface area contributed by atoms with Crippen molar-refractivity contribution in [3.05, 3.63) is 33.8 Å². The number of benzene rings is 1. The van der Waals surface area contributed by atoms with Crippen LogP contribution in [0.2, 0.25) is 0 Å².